The Labute approximate surface area is 170 Å². The maximum Gasteiger partial charge on any atom is 0.225 e. The Morgan fingerprint density at radius 3 is 2.88 bits per heavy atom. The van der Waals surface area contributed by atoms with Gasteiger partial charge in [-0.25, -0.2) is 4.98 Å². The molecule has 2 aromatic rings. The molecule has 7 heteroatoms. The van der Waals surface area contributed by atoms with Crippen LogP contribution in [0.3, 0.4) is 0 Å². The molecule has 136 valence electrons. The molecule has 1 spiro atoms. The zero-order valence-corrected chi connectivity index (χ0v) is 17.4. The van der Waals surface area contributed by atoms with Crippen molar-refractivity contribution in [1.29, 1.82) is 0 Å². The number of thiazole rings is 1. The summed E-state index contributed by atoms with van der Waals surface area (Å²) in [5.41, 5.74) is 2.50. The molecule has 4 nitrogen and oxygen atoms in total. The van der Waals surface area contributed by atoms with Crippen molar-refractivity contribution < 1.29 is 4.79 Å². The van der Waals surface area contributed by atoms with Crippen molar-refractivity contribution in [3.63, 3.8) is 0 Å². The summed E-state index contributed by atoms with van der Waals surface area (Å²) >= 11 is 11.3. The molecule has 1 saturated carbocycles. The average molecular weight is 453 g/mol. The minimum Gasteiger partial charge on any atom is -0.341 e. The molecule has 1 saturated heterocycles. The van der Waals surface area contributed by atoms with E-state index in [0.717, 1.165) is 48.5 Å². The molecule has 1 amide bonds. The van der Waals surface area contributed by atoms with Gasteiger partial charge >= 0.3 is 0 Å². The number of hydrogen-bond donors (Lipinski definition) is 0. The van der Waals surface area contributed by atoms with Gasteiger partial charge in [-0.15, -0.1) is 0 Å². The van der Waals surface area contributed by atoms with E-state index in [4.69, 9.17) is 11.6 Å². The molecule has 0 bridgehead atoms. The van der Waals surface area contributed by atoms with E-state index in [2.05, 4.69) is 48.9 Å². The molecule has 5 rings (SSSR count). The Bertz CT molecular complexity index is 883. The van der Waals surface area contributed by atoms with Crippen molar-refractivity contribution in [3.8, 4) is 0 Å². The van der Waals surface area contributed by atoms with E-state index in [1.807, 2.05) is 0 Å². The minimum atomic E-state index is -0.0172. The largest absolute Gasteiger partial charge is 0.341 e. The van der Waals surface area contributed by atoms with Crippen LogP contribution in [0.15, 0.2) is 28.9 Å². The van der Waals surface area contributed by atoms with Crippen LogP contribution in [-0.4, -0.2) is 35.4 Å². The highest BCUT2D eigenvalue weighted by molar-refractivity contribution is 9.10. The number of carbonyl (C=O) groups is 1. The molecular formula is C19H19BrClN3OS. The molecule has 26 heavy (non-hydrogen) atoms. The first-order valence-corrected chi connectivity index (χ1v) is 11.0. The van der Waals surface area contributed by atoms with E-state index in [9.17, 15) is 4.79 Å². The summed E-state index contributed by atoms with van der Waals surface area (Å²) in [5, 5.41) is 0.930. The fourth-order valence-corrected chi connectivity index (χ4v) is 5.78. The summed E-state index contributed by atoms with van der Waals surface area (Å²) in [5.74, 6) is 0.628. The Hall–Kier alpha value is -1.11. The average Bonchev–Trinajstić information content (AvgIpc) is 3.25. The number of fused-ring (bicyclic) bond motifs is 2. The zero-order valence-electron chi connectivity index (χ0n) is 14.3. The van der Waals surface area contributed by atoms with E-state index in [-0.39, 0.29) is 11.3 Å². The first-order chi connectivity index (χ1) is 12.6. The van der Waals surface area contributed by atoms with Gasteiger partial charge in [0, 0.05) is 41.1 Å². The number of halogens is 2. The number of likely N-dealkylation sites (tertiary alicyclic amines) is 1. The predicted molar refractivity (Wildman–Crippen MR) is 108 cm³/mol. The number of amides is 1. The van der Waals surface area contributed by atoms with Gasteiger partial charge in [0.1, 0.15) is 4.34 Å². The van der Waals surface area contributed by atoms with Gasteiger partial charge in [0.15, 0.2) is 5.13 Å². The number of benzene rings is 1. The Kier molecular flexibility index (Phi) is 4.07. The van der Waals surface area contributed by atoms with Gasteiger partial charge in [0.2, 0.25) is 5.91 Å². The number of anilines is 2. The fraction of sp³-hybridized carbons (Fsp3) is 0.474. The first-order valence-electron chi connectivity index (χ1n) is 9.03. The van der Waals surface area contributed by atoms with Crippen molar-refractivity contribution >= 4 is 55.6 Å². The van der Waals surface area contributed by atoms with Gasteiger partial charge < -0.3 is 9.80 Å². The van der Waals surface area contributed by atoms with Crippen LogP contribution >= 0.6 is 38.9 Å². The Balaban J connectivity index is 1.50. The topological polar surface area (TPSA) is 36.4 Å². The lowest BCUT2D eigenvalue weighted by Gasteiger charge is -2.31. The molecule has 1 aromatic carbocycles. The lowest BCUT2D eigenvalue weighted by Crippen LogP contribution is -2.41. The third-order valence-corrected chi connectivity index (χ3v) is 7.73. The van der Waals surface area contributed by atoms with E-state index in [1.54, 1.807) is 6.20 Å². The van der Waals surface area contributed by atoms with Gasteiger partial charge in [-0.2, -0.15) is 0 Å². The van der Waals surface area contributed by atoms with Crippen molar-refractivity contribution in [2.75, 3.05) is 24.5 Å². The molecule has 1 aliphatic carbocycles. The molecule has 0 radical (unpaired) electrons. The molecule has 2 fully saturated rings. The van der Waals surface area contributed by atoms with Gasteiger partial charge in [0.25, 0.3) is 0 Å². The molecule has 1 unspecified atom stereocenters. The summed E-state index contributed by atoms with van der Waals surface area (Å²) in [6.45, 7) is 2.52. The number of rotatable bonds is 2. The van der Waals surface area contributed by atoms with Gasteiger partial charge in [-0.3, -0.25) is 4.79 Å². The molecular weight excluding hydrogens is 434 g/mol. The number of nitrogens with zero attached hydrogens (tertiary/aromatic N) is 3. The third-order valence-electron chi connectivity index (χ3n) is 6.10. The normalized spacial score (nSPS) is 25.0. The number of hydrogen-bond acceptors (Lipinski definition) is 4. The van der Waals surface area contributed by atoms with Gasteiger partial charge in [-0.05, 0) is 43.0 Å². The van der Waals surface area contributed by atoms with E-state index in [0.29, 0.717) is 10.2 Å². The quantitative estimate of drug-likeness (QED) is 0.645. The van der Waals surface area contributed by atoms with Crippen LogP contribution in [0.5, 0.6) is 0 Å². The van der Waals surface area contributed by atoms with Crippen LogP contribution in [0.1, 0.15) is 31.2 Å². The molecule has 1 aromatic heterocycles. The van der Waals surface area contributed by atoms with E-state index in [1.165, 1.54) is 29.0 Å². The minimum absolute atomic E-state index is 0.0172. The van der Waals surface area contributed by atoms with E-state index >= 15 is 0 Å². The lowest BCUT2D eigenvalue weighted by atomic mass is 9.81. The van der Waals surface area contributed by atoms with Crippen LogP contribution in [0, 0.1) is 5.92 Å². The fourth-order valence-electron chi connectivity index (χ4n) is 4.51. The monoisotopic (exact) mass is 451 g/mol. The van der Waals surface area contributed by atoms with Crippen LogP contribution in [-0.2, 0) is 10.2 Å². The second-order valence-electron chi connectivity index (χ2n) is 7.61. The third kappa shape index (κ3) is 2.60. The predicted octanol–water partition coefficient (Wildman–Crippen LogP) is 4.98. The second-order valence-corrected chi connectivity index (χ2v) is 10.2. The maximum atomic E-state index is 12.8. The van der Waals surface area contributed by atoms with Crippen molar-refractivity contribution in [2.24, 2.45) is 5.92 Å². The van der Waals surface area contributed by atoms with Crippen molar-refractivity contribution in [2.45, 2.75) is 31.1 Å². The summed E-state index contributed by atoms with van der Waals surface area (Å²) in [6.07, 6.45) is 6.04. The van der Waals surface area contributed by atoms with Crippen molar-refractivity contribution in [1.82, 2.24) is 9.88 Å². The second kappa shape index (κ2) is 6.21. The number of aromatic nitrogens is 1. The molecule has 2 aliphatic heterocycles. The molecule has 3 aliphatic rings. The van der Waals surface area contributed by atoms with Gasteiger partial charge in [-0.1, -0.05) is 45.3 Å². The number of carbonyl (C=O) groups excluding carboxylic acids is 1. The summed E-state index contributed by atoms with van der Waals surface area (Å²) < 4.78 is 1.78. The standard InChI is InChI=1S/C19H19BrClN3OS/c20-13-4-5-15-14(8-13)19(11-24(15)18-22-9-16(21)26-18)6-7-23(10-19)17(25)12-2-1-3-12/h4-5,8-9,12H,1-3,6-7,10-11H2. The Morgan fingerprint density at radius 2 is 2.19 bits per heavy atom. The van der Waals surface area contributed by atoms with Crippen LogP contribution in [0.2, 0.25) is 4.34 Å². The van der Waals surface area contributed by atoms with Crippen LogP contribution in [0.4, 0.5) is 10.8 Å². The van der Waals surface area contributed by atoms with Gasteiger partial charge in [0.05, 0.1) is 6.20 Å². The Morgan fingerprint density at radius 1 is 1.35 bits per heavy atom. The maximum absolute atomic E-state index is 12.8. The molecule has 3 heterocycles. The first kappa shape index (κ1) is 17.0. The summed E-state index contributed by atoms with van der Waals surface area (Å²) in [4.78, 5) is 21.7. The zero-order chi connectivity index (χ0) is 17.9. The highest BCUT2D eigenvalue weighted by Gasteiger charge is 2.50. The lowest BCUT2D eigenvalue weighted by molar-refractivity contribution is -0.137. The smallest absolute Gasteiger partial charge is 0.225 e. The van der Waals surface area contributed by atoms with E-state index < -0.39 is 0 Å². The summed E-state index contributed by atoms with van der Waals surface area (Å²) in [7, 11) is 0. The summed E-state index contributed by atoms with van der Waals surface area (Å²) in [6, 6.07) is 6.45. The highest BCUT2D eigenvalue weighted by Crippen LogP contribution is 2.51. The molecule has 0 N–H and O–H groups in total. The van der Waals surface area contributed by atoms with Crippen LogP contribution < -0.4 is 4.90 Å². The van der Waals surface area contributed by atoms with Crippen LogP contribution in [0.25, 0.3) is 0 Å². The van der Waals surface area contributed by atoms with Crippen molar-refractivity contribution in [3.05, 3.63) is 38.8 Å². The molecule has 1 atom stereocenters. The SMILES string of the molecule is O=C(C1CCC1)N1CCC2(C1)CN(c1ncc(Cl)s1)c1ccc(Br)cc12. The highest BCUT2D eigenvalue weighted by atomic mass is 79.9.